The van der Waals surface area contributed by atoms with Gasteiger partial charge < -0.3 is 10.1 Å². The smallest absolute Gasteiger partial charge is 0.0852 e. The number of unbranched alkanes of at least 4 members (excludes halogenated alkanes) is 1. The maximum Gasteiger partial charge on any atom is 0.0852 e. The number of hydrogen-bond acceptors (Lipinski definition) is 2. The van der Waals surface area contributed by atoms with Crippen molar-refractivity contribution >= 4 is 0 Å². The molecule has 0 amide bonds. The number of hydrogen-bond donors (Lipinski definition) is 1. The Hall–Kier alpha value is -0.600. The van der Waals surface area contributed by atoms with Gasteiger partial charge in [-0.25, -0.2) is 0 Å². The van der Waals surface area contributed by atoms with E-state index in [1.807, 2.05) is 0 Å². The third kappa shape index (κ3) is 2.52. The molecule has 4 aliphatic carbocycles. The van der Waals surface area contributed by atoms with Crippen molar-refractivity contribution in [2.24, 2.45) is 23.7 Å². The molecule has 5 rings (SSSR count). The monoisotopic (exact) mass is 327 g/mol. The zero-order valence-corrected chi connectivity index (χ0v) is 15.3. The summed E-state index contributed by atoms with van der Waals surface area (Å²) in [6, 6.07) is 0.643. The molecule has 7 atom stereocenters. The highest BCUT2D eigenvalue weighted by Gasteiger charge is 2.72. The van der Waals surface area contributed by atoms with Crippen LogP contribution >= 0.6 is 0 Å². The first-order chi connectivity index (χ1) is 11.7. The average Bonchev–Trinajstić information content (AvgIpc) is 3.44. The van der Waals surface area contributed by atoms with Gasteiger partial charge in [0.25, 0.3) is 0 Å². The summed E-state index contributed by atoms with van der Waals surface area (Å²) < 4.78 is 6.79. The van der Waals surface area contributed by atoms with E-state index in [9.17, 15) is 0 Å². The van der Waals surface area contributed by atoms with E-state index in [-0.39, 0.29) is 0 Å². The molecule has 0 spiro atoms. The number of rotatable bonds is 6. The summed E-state index contributed by atoms with van der Waals surface area (Å²) in [4.78, 5) is 0. The molecule has 132 valence electrons. The van der Waals surface area contributed by atoms with Crippen LogP contribution in [0.4, 0.5) is 0 Å². The number of nitrogens with one attached hydrogen (secondary N) is 1. The first-order valence-corrected chi connectivity index (χ1v) is 10.4. The topological polar surface area (TPSA) is 21.3 Å². The summed E-state index contributed by atoms with van der Waals surface area (Å²) in [6.07, 6.45) is 18.8. The van der Waals surface area contributed by atoms with E-state index in [4.69, 9.17) is 4.74 Å². The van der Waals surface area contributed by atoms with E-state index in [0.717, 1.165) is 17.8 Å². The van der Waals surface area contributed by atoms with Gasteiger partial charge in [-0.15, -0.1) is 0 Å². The molecule has 1 saturated heterocycles. The van der Waals surface area contributed by atoms with Gasteiger partial charge in [0.15, 0.2) is 0 Å². The Bertz CT molecular complexity index is 562. The SMILES string of the molecule is C/C=C\CC/C=C(\C)[C@H]1C2O[C@H]3[C@@H]4C[C@H]4CC[C@H]3NC21CC1CC1. The van der Waals surface area contributed by atoms with Crippen LogP contribution in [0.15, 0.2) is 23.8 Å². The van der Waals surface area contributed by atoms with Crippen molar-refractivity contribution in [1.82, 2.24) is 5.32 Å². The van der Waals surface area contributed by atoms with Crippen LogP contribution < -0.4 is 5.32 Å². The number of fused-ring (bicyclic) bond motifs is 4. The summed E-state index contributed by atoms with van der Waals surface area (Å²) >= 11 is 0. The van der Waals surface area contributed by atoms with Crippen LogP contribution in [-0.2, 0) is 4.74 Å². The van der Waals surface area contributed by atoms with Crippen molar-refractivity contribution < 1.29 is 4.74 Å². The summed E-state index contributed by atoms with van der Waals surface area (Å²) in [5.74, 6) is 3.50. The van der Waals surface area contributed by atoms with Crippen LogP contribution in [-0.4, -0.2) is 23.8 Å². The van der Waals surface area contributed by atoms with Gasteiger partial charge in [-0.2, -0.15) is 0 Å². The van der Waals surface area contributed by atoms with Crippen LogP contribution in [0.5, 0.6) is 0 Å². The zero-order valence-electron chi connectivity index (χ0n) is 15.3. The fraction of sp³-hybridized carbons (Fsp3) is 0.818. The molecule has 2 unspecified atom stereocenters. The number of allylic oxidation sites excluding steroid dienone is 3. The lowest BCUT2D eigenvalue weighted by Gasteiger charge is -2.40. The predicted molar refractivity (Wildman–Crippen MR) is 97.8 cm³/mol. The van der Waals surface area contributed by atoms with Gasteiger partial charge in [0.1, 0.15) is 0 Å². The van der Waals surface area contributed by atoms with Crippen LogP contribution in [0.3, 0.4) is 0 Å². The quantitative estimate of drug-likeness (QED) is 0.568. The lowest BCUT2D eigenvalue weighted by atomic mass is 9.89. The van der Waals surface area contributed by atoms with E-state index >= 15 is 0 Å². The van der Waals surface area contributed by atoms with Gasteiger partial charge in [-0.05, 0) is 70.1 Å². The molecule has 4 saturated carbocycles. The second-order valence-corrected chi connectivity index (χ2v) is 9.27. The summed E-state index contributed by atoms with van der Waals surface area (Å²) in [5.41, 5.74) is 1.88. The van der Waals surface area contributed by atoms with Crippen LogP contribution in [0.2, 0.25) is 0 Å². The van der Waals surface area contributed by atoms with Crippen LogP contribution in [0, 0.1) is 23.7 Å². The van der Waals surface area contributed by atoms with Crippen molar-refractivity contribution in [2.75, 3.05) is 0 Å². The van der Waals surface area contributed by atoms with Crippen LogP contribution in [0.1, 0.15) is 65.2 Å². The van der Waals surface area contributed by atoms with Crippen molar-refractivity contribution in [1.29, 1.82) is 0 Å². The minimum atomic E-state index is 0.297. The number of ether oxygens (including phenoxy) is 1. The summed E-state index contributed by atoms with van der Waals surface area (Å²) in [5, 5.41) is 4.19. The fourth-order valence-corrected chi connectivity index (χ4v) is 5.95. The number of morpholine rings is 1. The summed E-state index contributed by atoms with van der Waals surface area (Å²) in [7, 11) is 0. The Morgan fingerprint density at radius 2 is 2.08 bits per heavy atom. The molecule has 1 heterocycles. The molecule has 0 aromatic rings. The van der Waals surface area contributed by atoms with Gasteiger partial charge >= 0.3 is 0 Å². The molecular weight excluding hydrogens is 294 g/mol. The van der Waals surface area contributed by atoms with Gasteiger partial charge in [0.05, 0.1) is 17.7 Å². The average molecular weight is 328 g/mol. The zero-order chi connectivity index (χ0) is 16.3. The van der Waals surface area contributed by atoms with E-state index < -0.39 is 0 Å². The standard InChI is InChI=1S/C22H33NO/c1-3-4-5-6-7-14(2)19-21-22(19,13-15-8-9-15)23-18-11-10-16-12-17(16)20(18)24-21/h3-4,7,15-21,23H,5-6,8-13H2,1-2H3/b4-3-,14-7+/t16-,17-,18-,19+,20+,21?,22?/m1/s1. The highest BCUT2D eigenvalue weighted by Crippen LogP contribution is 2.63. The molecular formula is C22H33NO. The summed E-state index contributed by atoms with van der Waals surface area (Å²) in [6.45, 7) is 4.48. The molecule has 2 heteroatoms. The minimum absolute atomic E-state index is 0.297. The van der Waals surface area contributed by atoms with Gasteiger partial charge in [0.2, 0.25) is 0 Å². The third-order valence-corrected chi connectivity index (χ3v) is 7.51. The molecule has 1 N–H and O–H groups in total. The van der Waals surface area contributed by atoms with E-state index in [1.54, 1.807) is 5.57 Å². The van der Waals surface area contributed by atoms with Crippen molar-refractivity contribution in [3.8, 4) is 0 Å². The second kappa shape index (κ2) is 5.71. The molecule has 0 aromatic carbocycles. The Labute approximate surface area is 147 Å². The molecule has 5 aliphatic rings. The van der Waals surface area contributed by atoms with E-state index in [0.29, 0.717) is 29.7 Å². The predicted octanol–water partition coefficient (Wildman–Crippen LogP) is 4.61. The third-order valence-electron chi connectivity index (χ3n) is 7.51. The highest BCUT2D eigenvalue weighted by molar-refractivity contribution is 5.35. The molecule has 0 radical (unpaired) electrons. The minimum Gasteiger partial charge on any atom is -0.370 e. The Kier molecular flexibility index (Phi) is 3.72. The Morgan fingerprint density at radius 1 is 1.21 bits per heavy atom. The molecule has 2 nitrogen and oxygen atoms in total. The maximum absolute atomic E-state index is 6.79. The van der Waals surface area contributed by atoms with Crippen molar-refractivity contribution in [3.05, 3.63) is 23.8 Å². The Balaban J connectivity index is 1.33. The van der Waals surface area contributed by atoms with Crippen molar-refractivity contribution in [3.63, 3.8) is 0 Å². The fourth-order valence-electron chi connectivity index (χ4n) is 5.95. The second-order valence-electron chi connectivity index (χ2n) is 9.27. The first-order valence-electron chi connectivity index (χ1n) is 10.4. The Morgan fingerprint density at radius 3 is 2.88 bits per heavy atom. The maximum atomic E-state index is 6.79. The molecule has 24 heavy (non-hydrogen) atoms. The lowest BCUT2D eigenvalue weighted by Crippen LogP contribution is -2.57. The normalized spacial score (nSPS) is 49.5. The van der Waals surface area contributed by atoms with Gasteiger partial charge in [-0.3, -0.25) is 0 Å². The first kappa shape index (κ1) is 15.6. The largest absolute Gasteiger partial charge is 0.370 e. The van der Waals surface area contributed by atoms with E-state index in [1.165, 1.54) is 51.4 Å². The van der Waals surface area contributed by atoms with Gasteiger partial charge in [0, 0.05) is 12.0 Å². The molecule has 5 fully saturated rings. The molecule has 0 bridgehead atoms. The lowest BCUT2D eigenvalue weighted by molar-refractivity contribution is -0.0618. The van der Waals surface area contributed by atoms with Crippen LogP contribution in [0.25, 0.3) is 0 Å². The van der Waals surface area contributed by atoms with E-state index in [2.05, 4.69) is 37.4 Å². The molecule has 1 aliphatic heterocycles. The molecule has 0 aromatic heterocycles. The highest BCUT2D eigenvalue weighted by atomic mass is 16.5. The van der Waals surface area contributed by atoms with Gasteiger partial charge in [-0.1, -0.05) is 36.6 Å². The van der Waals surface area contributed by atoms with Crippen molar-refractivity contribution in [2.45, 2.75) is 89.0 Å².